The zero-order valence-electron chi connectivity index (χ0n) is 7.33. The van der Waals surface area contributed by atoms with Crippen LogP contribution in [-0.2, 0) is 4.57 Å². The molecular formula is C7H16NO2PS2. The van der Waals surface area contributed by atoms with Gasteiger partial charge >= 0.3 is 0 Å². The Morgan fingerprint density at radius 1 is 1.38 bits per heavy atom. The van der Waals surface area contributed by atoms with Gasteiger partial charge in [0.2, 0.25) is 0 Å². The second-order valence-corrected chi connectivity index (χ2v) is 9.90. The number of thiol groups is 2. The standard InChI is InChI=1S/C7H16NO2PS2/c8-7(9)6(11(10,12)13)5-3-1-2-4-5/h5-7,9H,1-4,8H2,(H2,10,12,13). The fraction of sp³-hybridized carbons (Fsp3) is 1.00. The summed E-state index contributed by atoms with van der Waals surface area (Å²) in [5.41, 5.74) is 2.06. The van der Waals surface area contributed by atoms with Crippen LogP contribution in [0.15, 0.2) is 0 Å². The van der Waals surface area contributed by atoms with Crippen molar-refractivity contribution in [3.63, 3.8) is 0 Å². The molecule has 0 aliphatic heterocycles. The van der Waals surface area contributed by atoms with E-state index in [2.05, 4.69) is 24.5 Å². The smallest absolute Gasteiger partial charge is 0.192 e. The summed E-state index contributed by atoms with van der Waals surface area (Å²) < 4.78 is 11.6. The fourth-order valence-electron chi connectivity index (χ4n) is 2.05. The first-order chi connectivity index (χ1) is 5.93. The maximum atomic E-state index is 11.6. The highest BCUT2D eigenvalue weighted by Gasteiger charge is 2.38. The quantitative estimate of drug-likeness (QED) is 0.346. The molecule has 2 atom stereocenters. The monoisotopic (exact) mass is 241 g/mol. The lowest BCUT2D eigenvalue weighted by Crippen LogP contribution is -2.37. The number of aliphatic hydroxyl groups excluding tert-OH is 1. The molecule has 0 aromatic carbocycles. The van der Waals surface area contributed by atoms with Crippen LogP contribution in [0, 0.1) is 5.92 Å². The molecule has 3 nitrogen and oxygen atoms in total. The zero-order valence-corrected chi connectivity index (χ0v) is 10.0. The van der Waals surface area contributed by atoms with Gasteiger partial charge in [-0.1, -0.05) is 12.8 Å². The van der Waals surface area contributed by atoms with Crippen molar-refractivity contribution in [2.45, 2.75) is 37.6 Å². The maximum Gasteiger partial charge on any atom is 0.192 e. The van der Waals surface area contributed by atoms with Crippen molar-refractivity contribution in [3.8, 4) is 0 Å². The van der Waals surface area contributed by atoms with Gasteiger partial charge in [0.05, 0.1) is 5.66 Å². The third-order valence-electron chi connectivity index (χ3n) is 2.62. The molecule has 0 radical (unpaired) electrons. The molecule has 0 saturated heterocycles. The molecule has 78 valence electrons. The molecule has 2 unspecified atom stereocenters. The molecular weight excluding hydrogens is 225 g/mol. The minimum Gasteiger partial charge on any atom is -0.378 e. The average molecular weight is 241 g/mol. The molecule has 1 fully saturated rings. The summed E-state index contributed by atoms with van der Waals surface area (Å²) in [5, 5.41) is 9.32. The van der Waals surface area contributed by atoms with E-state index in [1.165, 1.54) is 0 Å². The second-order valence-electron chi connectivity index (χ2n) is 3.61. The van der Waals surface area contributed by atoms with Gasteiger partial charge in [0, 0.05) is 0 Å². The van der Waals surface area contributed by atoms with Crippen LogP contribution >= 0.6 is 30.0 Å². The highest BCUT2D eigenvalue weighted by Crippen LogP contribution is 2.64. The number of hydrogen-bond acceptors (Lipinski definition) is 3. The first-order valence-corrected chi connectivity index (χ1v) is 8.50. The van der Waals surface area contributed by atoms with E-state index in [0.29, 0.717) is 0 Å². The van der Waals surface area contributed by atoms with Crippen molar-refractivity contribution in [2.24, 2.45) is 11.7 Å². The van der Waals surface area contributed by atoms with Gasteiger partial charge in [-0.25, -0.2) is 0 Å². The minimum absolute atomic E-state index is 0.223. The van der Waals surface area contributed by atoms with E-state index >= 15 is 0 Å². The Morgan fingerprint density at radius 2 is 1.85 bits per heavy atom. The third kappa shape index (κ3) is 3.17. The SMILES string of the molecule is NC(O)C(C1CCCC1)P(=O)(S)S. The molecule has 0 aromatic heterocycles. The lowest BCUT2D eigenvalue weighted by molar-refractivity contribution is 0.154. The molecule has 1 aliphatic rings. The van der Waals surface area contributed by atoms with E-state index in [1.807, 2.05) is 0 Å². The second kappa shape index (κ2) is 4.58. The number of nitrogens with two attached hydrogens (primary N) is 1. The molecule has 13 heavy (non-hydrogen) atoms. The van der Waals surface area contributed by atoms with Gasteiger partial charge in [-0.05, 0) is 18.8 Å². The summed E-state index contributed by atoms with van der Waals surface area (Å²) in [4.78, 5) is 0. The normalized spacial score (nSPS) is 24.6. The lowest BCUT2D eigenvalue weighted by atomic mass is 10.0. The molecule has 1 saturated carbocycles. The maximum absolute atomic E-state index is 11.6. The Hall–Kier alpha value is 0.850. The molecule has 0 aromatic rings. The van der Waals surface area contributed by atoms with Crippen LogP contribution in [0.1, 0.15) is 25.7 Å². The summed E-state index contributed by atoms with van der Waals surface area (Å²) in [6.07, 6.45) is 3.13. The van der Waals surface area contributed by atoms with Crippen molar-refractivity contribution in [2.75, 3.05) is 0 Å². The van der Waals surface area contributed by atoms with Crippen molar-refractivity contribution >= 4 is 30.0 Å². The molecule has 1 rings (SSSR count). The summed E-state index contributed by atoms with van der Waals surface area (Å²) >= 11 is 7.89. The van der Waals surface area contributed by atoms with E-state index in [0.717, 1.165) is 25.7 Å². The van der Waals surface area contributed by atoms with Gasteiger partial charge in [0.15, 0.2) is 5.55 Å². The first kappa shape index (κ1) is 11.9. The molecule has 3 N–H and O–H groups in total. The van der Waals surface area contributed by atoms with Crippen molar-refractivity contribution in [3.05, 3.63) is 0 Å². The van der Waals surface area contributed by atoms with Crippen molar-refractivity contribution in [1.29, 1.82) is 0 Å². The largest absolute Gasteiger partial charge is 0.378 e. The summed E-state index contributed by atoms with van der Waals surface area (Å²) in [6, 6.07) is 0. The number of aliphatic hydroxyl groups is 1. The first-order valence-electron chi connectivity index (χ1n) is 4.42. The van der Waals surface area contributed by atoms with Gasteiger partial charge in [0.1, 0.15) is 6.23 Å². The van der Waals surface area contributed by atoms with Gasteiger partial charge < -0.3 is 15.4 Å². The molecule has 1 aliphatic carbocycles. The molecule has 0 amide bonds. The van der Waals surface area contributed by atoms with Crippen molar-refractivity contribution in [1.82, 2.24) is 0 Å². The Labute approximate surface area is 89.2 Å². The van der Waals surface area contributed by atoms with Crippen LogP contribution in [0.2, 0.25) is 0 Å². The zero-order chi connectivity index (χ0) is 10.1. The van der Waals surface area contributed by atoms with Crippen LogP contribution in [-0.4, -0.2) is 17.0 Å². The number of hydrogen-bond donors (Lipinski definition) is 4. The highest BCUT2D eigenvalue weighted by molar-refractivity contribution is 8.81. The minimum atomic E-state index is -2.87. The molecule has 0 spiro atoms. The Balaban J connectivity index is 2.73. The summed E-state index contributed by atoms with van der Waals surface area (Å²) in [6.45, 7) is 0. The average Bonchev–Trinajstić information content (AvgIpc) is 2.34. The third-order valence-corrected chi connectivity index (χ3v) is 5.72. The topological polar surface area (TPSA) is 63.3 Å². The molecule has 0 bridgehead atoms. The Morgan fingerprint density at radius 3 is 2.15 bits per heavy atom. The highest BCUT2D eigenvalue weighted by atomic mass is 33.1. The van der Waals surface area contributed by atoms with Crippen LogP contribution in [0.5, 0.6) is 0 Å². The van der Waals surface area contributed by atoms with Crippen LogP contribution in [0.25, 0.3) is 0 Å². The van der Waals surface area contributed by atoms with E-state index in [1.54, 1.807) is 0 Å². The number of rotatable bonds is 3. The van der Waals surface area contributed by atoms with Crippen LogP contribution in [0.3, 0.4) is 0 Å². The van der Waals surface area contributed by atoms with Gasteiger partial charge in [0.25, 0.3) is 0 Å². The summed E-state index contributed by atoms with van der Waals surface area (Å²) in [5.74, 6) is 0.223. The predicted octanol–water partition coefficient (Wildman–Crippen LogP) is 1.88. The van der Waals surface area contributed by atoms with Gasteiger partial charge in [-0.3, -0.25) is 0 Å². The molecule has 6 heteroatoms. The Bertz CT molecular complexity index is 213. The van der Waals surface area contributed by atoms with E-state index < -0.39 is 17.4 Å². The predicted molar refractivity (Wildman–Crippen MR) is 61.5 cm³/mol. The van der Waals surface area contributed by atoms with Crippen LogP contribution < -0.4 is 5.73 Å². The van der Waals surface area contributed by atoms with E-state index in [4.69, 9.17) is 5.73 Å². The Kier molecular flexibility index (Phi) is 4.20. The lowest BCUT2D eigenvalue weighted by Gasteiger charge is -2.27. The van der Waals surface area contributed by atoms with Gasteiger partial charge in [-0.2, -0.15) is 0 Å². The van der Waals surface area contributed by atoms with Crippen LogP contribution in [0.4, 0.5) is 0 Å². The van der Waals surface area contributed by atoms with E-state index in [-0.39, 0.29) is 5.92 Å². The van der Waals surface area contributed by atoms with Gasteiger partial charge in [-0.15, -0.1) is 24.5 Å². The summed E-state index contributed by atoms with van der Waals surface area (Å²) in [7, 11) is 0. The molecule has 0 heterocycles. The fourth-order valence-corrected chi connectivity index (χ4v) is 5.25. The van der Waals surface area contributed by atoms with E-state index in [9.17, 15) is 9.67 Å². The van der Waals surface area contributed by atoms with Crippen molar-refractivity contribution < 1.29 is 9.67 Å².